The van der Waals surface area contributed by atoms with Crippen LogP contribution in [0, 0.1) is 10.1 Å². The maximum atomic E-state index is 12.0. The summed E-state index contributed by atoms with van der Waals surface area (Å²) in [5.41, 5.74) is 1.01. The first-order valence-corrected chi connectivity index (χ1v) is 8.06. The molecule has 0 aliphatic rings. The van der Waals surface area contributed by atoms with Gasteiger partial charge in [0, 0.05) is 18.3 Å². The number of ketones is 1. The number of carbonyl (C=O) groups excluding carboxylic acids is 1. The lowest BCUT2D eigenvalue weighted by Crippen LogP contribution is -2.04. The second-order valence-corrected chi connectivity index (χ2v) is 6.57. The molecule has 0 amide bonds. The third-order valence-electron chi connectivity index (χ3n) is 2.84. The molecule has 0 atom stereocenters. The Hall–Kier alpha value is -2.32. The van der Waals surface area contributed by atoms with Crippen LogP contribution in [0.3, 0.4) is 0 Å². The van der Waals surface area contributed by atoms with Crippen LogP contribution in [0.2, 0.25) is 0 Å². The second kappa shape index (κ2) is 6.20. The quantitative estimate of drug-likeness (QED) is 0.307. The van der Waals surface area contributed by atoms with E-state index in [0.29, 0.717) is 15.6 Å². The topological polar surface area (TPSA) is 86.0 Å². The van der Waals surface area contributed by atoms with Gasteiger partial charge in [-0.05, 0) is 18.2 Å². The van der Waals surface area contributed by atoms with E-state index in [9.17, 15) is 14.9 Å². The smallest absolute Gasteiger partial charge is 0.271 e. The number of aromatic nitrogens is 2. The zero-order valence-electron chi connectivity index (χ0n) is 11.1. The van der Waals surface area contributed by atoms with Crippen molar-refractivity contribution >= 4 is 44.8 Å². The molecular formula is C14H9N3O3S2. The van der Waals surface area contributed by atoms with Gasteiger partial charge in [0.2, 0.25) is 0 Å². The minimum Gasteiger partial charge on any atom is -0.291 e. The molecule has 0 aliphatic carbocycles. The van der Waals surface area contributed by atoms with Crippen molar-refractivity contribution in [2.75, 3.05) is 5.75 Å². The van der Waals surface area contributed by atoms with E-state index in [-0.39, 0.29) is 17.2 Å². The average molecular weight is 331 g/mol. The summed E-state index contributed by atoms with van der Waals surface area (Å²) in [4.78, 5) is 30.6. The molecule has 0 fully saturated rings. The van der Waals surface area contributed by atoms with Crippen LogP contribution in [-0.2, 0) is 0 Å². The number of hydrogen-bond acceptors (Lipinski definition) is 7. The summed E-state index contributed by atoms with van der Waals surface area (Å²) in [6.45, 7) is 0. The molecule has 0 unspecified atom stereocenters. The predicted octanol–water partition coefficient (Wildman–Crippen LogP) is 3.57. The van der Waals surface area contributed by atoms with Crippen LogP contribution in [0.1, 0.15) is 10.5 Å². The normalized spacial score (nSPS) is 10.7. The Morgan fingerprint density at radius 3 is 2.91 bits per heavy atom. The van der Waals surface area contributed by atoms with Crippen LogP contribution in [0.15, 0.2) is 46.9 Å². The number of thioether (sulfide) groups is 1. The number of nitro groups is 1. The largest absolute Gasteiger partial charge is 0.291 e. The summed E-state index contributed by atoms with van der Waals surface area (Å²) in [6.07, 6.45) is 1.58. The number of hydrogen-bond donors (Lipinski definition) is 0. The first-order valence-electron chi connectivity index (χ1n) is 6.25. The number of Topliss-reactive ketones (excluding diaryl/α,β-unsaturated/α-hetero) is 1. The number of nitro benzene ring substituents is 1. The SMILES string of the molecule is O=C(CSc1nc2cc([N+](=O)[O-])ccc2s1)c1ccccn1. The van der Waals surface area contributed by atoms with E-state index in [1.54, 1.807) is 30.5 Å². The van der Waals surface area contributed by atoms with E-state index >= 15 is 0 Å². The number of non-ortho nitro benzene ring substituents is 1. The molecule has 0 spiro atoms. The van der Waals surface area contributed by atoms with Crippen LogP contribution < -0.4 is 0 Å². The number of pyridine rings is 1. The molecule has 0 saturated heterocycles. The number of benzene rings is 1. The number of rotatable bonds is 5. The Bertz CT molecular complexity index is 849. The van der Waals surface area contributed by atoms with E-state index < -0.39 is 4.92 Å². The van der Waals surface area contributed by atoms with Crippen LogP contribution in [-0.4, -0.2) is 26.4 Å². The minimum atomic E-state index is -0.448. The van der Waals surface area contributed by atoms with Gasteiger partial charge in [-0.3, -0.25) is 19.9 Å². The number of nitrogens with zero attached hydrogens (tertiary/aromatic N) is 3. The van der Waals surface area contributed by atoms with Gasteiger partial charge in [0.15, 0.2) is 10.1 Å². The highest BCUT2D eigenvalue weighted by Gasteiger charge is 2.13. The van der Waals surface area contributed by atoms with Crippen molar-refractivity contribution in [3.8, 4) is 0 Å². The molecule has 0 saturated carbocycles. The van der Waals surface area contributed by atoms with Gasteiger partial charge < -0.3 is 0 Å². The molecule has 0 bridgehead atoms. The lowest BCUT2D eigenvalue weighted by Gasteiger charge is -1.97. The molecule has 8 heteroatoms. The van der Waals surface area contributed by atoms with Crippen molar-refractivity contribution in [3.05, 3.63) is 58.4 Å². The highest BCUT2D eigenvalue weighted by atomic mass is 32.2. The molecule has 0 N–H and O–H groups in total. The summed E-state index contributed by atoms with van der Waals surface area (Å²) in [5.74, 6) is 0.162. The molecule has 3 rings (SSSR count). The Kier molecular flexibility index (Phi) is 4.12. The fourth-order valence-corrected chi connectivity index (χ4v) is 3.72. The first-order chi connectivity index (χ1) is 10.6. The molecule has 0 radical (unpaired) electrons. The van der Waals surface area contributed by atoms with Crippen LogP contribution >= 0.6 is 23.1 Å². The van der Waals surface area contributed by atoms with E-state index in [2.05, 4.69) is 9.97 Å². The summed E-state index contributed by atoms with van der Waals surface area (Å²) in [5, 5.41) is 10.7. The standard InChI is InChI=1S/C14H9N3O3S2/c18-12(10-3-1-2-6-15-10)8-21-14-16-11-7-9(17(19)20)4-5-13(11)22-14/h1-7H,8H2. The molecule has 3 aromatic rings. The number of carbonyl (C=O) groups is 1. The van der Waals surface area contributed by atoms with Gasteiger partial charge in [-0.1, -0.05) is 17.8 Å². The van der Waals surface area contributed by atoms with Gasteiger partial charge in [0.25, 0.3) is 5.69 Å². The fraction of sp³-hybridized carbons (Fsp3) is 0.0714. The lowest BCUT2D eigenvalue weighted by atomic mass is 10.3. The third kappa shape index (κ3) is 3.12. The van der Waals surface area contributed by atoms with Crippen molar-refractivity contribution in [2.45, 2.75) is 4.34 Å². The Morgan fingerprint density at radius 2 is 2.18 bits per heavy atom. The third-order valence-corrected chi connectivity index (χ3v) is 5.02. The van der Waals surface area contributed by atoms with E-state index in [4.69, 9.17) is 0 Å². The lowest BCUT2D eigenvalue weighted by molar-refractivity contribution is -0.384. The zero-order valence-corrected chi connectivity index (χ0v) is 12.8. The van der Waals surface area contributed by atoms with Crippen LogP contribution in [0.5, 0.6) is 0 Å². The van der Waals surface area contributed by atoms with Crippen molar-refractivity contribution < 1.29 is 9.72 Å². The maximum Gasteiger partial charge on any atom is 0.271 e. The van der Waals surface area contributed by atoms with Crippen LogP contribution in [0.25, 0.3) is 10.2 Å². The summed E-state index contributed by atoms with van der Waals surface area (Å²) >= 11 is 2.72. The van der Waals surface area contributed by atoms with Gasteiger partial charge in [0.1, 0.15) is 5.69 Å². The molecule has 2 aromatic heterocycles. The molecule has 6 nitrogen and oxygen atoms in total. The molecule has 1 aromatic carbocycles. The second-order valence-electron chi connectivity index (χ2n) is 4.32. The van der Waals surface area contributed by atoms with Gasteiger partial charge in [-0.15, -0.1) is 11.3 Å². The summed E-state index contributed by atoms with van der Waals surface area (Å²) in [6, 6.07) is 9.76. The molecule has 2 heterocycles. The highest BCUT2D eigenvalue weighted by molar-refractivity contribution is 8.01. The van der Waals surface area contributed by atoms with Crippen molar-refractivity contribution in [3.63, 3.8) is 0 Å². The van der Waals surface area contributed by atoms with E-state index in [1.165, 1.54) is 35.2 Å². The highest BCUT2D eigenvalue weighted by Crippen LogP contribution is 2.31. The average Bonchev–Trinajstić information content (AvgIpc) is 2.95. The summed E-state index contributed by atoms with van der Waals surface area (Å²) < 4.78 is 1.57. The minimum absolute atomic E-state index is 0.0129. The van der Waals surface area contributed by atoms with Gasteiger partial charge in [-0.2, -0.15) is 0 Å². The Morgan fingerprint density at radius 1 is 1.32 bits per heavy atom. The summed E-state index contributed by atoms with van der Waals surface area (Å²) in [7, 11) is 0. The number of fused-ring (bicyclic) bond motifs is 1. The maximum absolute atomic E-state index is 12.0. The van der Waals surface area contributed by atoms with Crippen molar-refractivity contribution in [1.29, 1.82) is 0 Å². The monoisotopic (exact) mass is 331 g/mol. The van der Waals surface area contributed by atoms with Gasteiger partial charge in [-0.25, -0.2) is 4.98 Å². The van der Waals surface area contributed by atoms with E-state index in [1.807, 2.05) is 0 Å². The van der Waals surface area contributed by atoms with E-state index in [0.717, 1.165) is 4.70 Å². The number of thiazole rings is 1. The Balaban J connectivity index is 1.74. The molecule has 0 aliphatic heterocycles. The Labute approximate surface area is 133 Å². The van der Waals surface area contributed by atoms with Crippen molar-refractivity contribution in [1.82, 2.24) is 9.97 Å². The zero-order chi connectivity index (χ0) is 15.5. The molecular weight excluding hydrogens is 322 g/mol. The molecule has 110 valence electrons. The molecule has 22 heavy (non-hydrogen) atoms. The van der Waals surface area contributed by atoms with Gasteiger partial charge in [0.05, 0.1) is 20.9 Å². The van der Waals surface area contributed by atoms with Crippen molar-refractivity contribution in [2.24, 2.45) is 0 Å². The van der Waals surface area contributed by atoms with Crippen LogP contribution in [0.4, 0.5) is 5.69 Å². The first kappa shape index (κ1) is 14.6. The fourth-order valence-electron chi connectivity index (χ4n) is 1.80. The van der Waals surface area contributed by atoms with Gasteiger partial charge >= 0.3 is 0 Å². The predicted molar refractivity (Wildman–Crippen MR) is 85.6 cm³/mol.